The van der Waals surface area contributed by atoms with E-state index in [2.05, 4.69) is 15.5 Å². The van der Waals surface area contributed by atoms with Crippen LogP contribution in [-0.4, -0.2) is 34.7 Å². The van der Waals surface area contributed by atoms with Crippen molar-refractivity contribution in [2.45, 2.75) is 25.4 Å². The van der Waals surface area contributed by atoms with Crippen LogP contribution < -0.4 is 16.0 Å². The standard InChI is InChI=1S/C22H20F2N6O2/c1-22(26)3-4-30(12-22)20-17(21(31)28-10-16-2-5-32-29-16)11-27-18(9-25)19(20)13-6-14(23)8-15(24)7-13/h2,5-8,11H,3-4,10,12,26H2,1H3,(H,28,31)/t22-/m0/s1. The first-order valence-electron chi connectivity index (χ1n) is 9.88. The molecule has 4 rings (SSSR count). The molecule has 10 heteroatoms. The lowest BCUT2D eigenvalue weighted by molar-refractivity contribution is 0.0950. The van der Waals surface area contributed by atoms with Gasteiger partial charge in [0.1, 0.15) is 35.4 Å². The number of carbonyl (C=O) groups excluding carboxylic acids is 1. The minimum atomic E-state index is -0.805. The third-order valence-corrected chi connectivity index (χ3v) is 5.30. The first-order valence-corrected chi connectivity index (χ1v) is 9.88. The van der Waals surface area contributed by atoms with Gasteiger partial charge in [0.15, 0.2) is 0 Å². The molecule has 3 heterocycles. The predicted octanol–water partition coefficient (Wildman–Crippen LogP) is 2.74. The molecule has 1 aliphatic rings. The number of amides is 1. The van der Waals surface area contributed by atoms with Gasteiger partial charge in [-0.15, -0.1) is 0 Å². The summed E-state index contributed by atoms with van der Waals surface area (Å²) in [5, 5.41) is 16.2. The smallest absolute Gasteiger partial charge is 0.255 e. The Labute approximate surface area is 182 Å². The third kappa shape index (κ3) is 4.29. The maximum atomic E-state index is 14.0. The second-order valence-electron chi connectivity index (χ2n) is 8.01. The highest BCUT2D eigenvalue weighted by molar-refractivity contribution is 6.04. The van der Waals surface area contributed by atoms with Crippen LogP contribution in [0.5, 0.6) is 0 Å². The second-order valence-corrected chi connectivity index (χ2v) is 8.01. The molecule has 32 heavy (non-hydrogen) atoms. The molecule has 0 radical (unpaired) electrons. The van der Waals surface area contributed by atoms with Crippen LogP contribution in [0, 0.1) is 23.0 Å². The Kier molecular flexibility index (Phi) is 5.59. The van der Waals surface area contributed by atoms with Gasteiger partial charge in [-0.3, -0.25) is 4.79 Å². The zero-order valence-electron chi connectivity index (χ0n) is 17.2. The molecule has 0 saturated carbocycles. The zero-order chi connectivity index (χ0) is 22.9. The number of carbonyl (C=O) groups is 1. The summed E-state index contributed by atoms with van der Waals surface area (Å²) in [6.07, 6.45) is 3.31. The van der Waals surface area contributed by atoms with Crippen molar-refractivity contribution in [3.05, 3.63) is 65.3 Å². The fourth-order valence-corrected chi connectivity index (χ4v) is 3.82. The Morgan fingerprint density at radius 1 is 1.38 bits per heavy atom. The fraction of sp³-hybridized carbons (Fsp3) is 0.273. The molecule has 0 unspecified atom stereocenters. The molecule has 2 aromatic heterocycles. The molecule has 1 aromatic carbocycles. The van der Waals surface area contributed by atoms with Gasteiger partial charge in [-0.1, -0.05) is 5.16 Å². The van der Waals surface area contributed by atoms with E-state index in [9.17, 15) is 18.8 Å². The van der Waals surface area contributed by atoms with E-state index in [1.165, 1.54) is 12.5 Å². The molecule has 0 aliphatic carbocycles. The number of nitrogens with zero attached hydrogens (tertiary/aromatic N) is 4. The van der Waals surface area contributed by atoms with E-state index in [0.717, 1.165) is 18.2 Å². The van der Waals surface area contributed by atoms with E-state index in [4.69, 9.17) is 10.3 Å². The van der Waals surface area contributed by atoms with Gasteiger partial charge in [0.05, 0.1) is 17.8 Å². The zero-order valence-corrected chi connectivity index (χ0v) is 17.2. The molecule has 0 spiro atoms. The SMILES string of the molecule is C[C@]1(N)CCN(c2c(C(=O)NCc3ccon3)cnc(C#N)c2-c2cc(F)cc(F)c2)C1. The highest BCUT2D eigenvalue weighted by Crippen LogP contribution is 2.39. The van der Waals surface area contributed by atoms with Crippen LogP contribution in [0.2, 0.25) is 0 Å². The number of nitrogens with two attached hydrogens (primary N) is 1. The number of aromatic nitrogens is 2. The largest absolute Gasteiger partial charge is 0.368 e. The van der Waals surface area contributed by atoms with Crippen molar-refractivity contribution in [2.24, 2.45) is 5.73 Å². The Hall–Kier alpha value is -3.84. The van der Waals surface area contributed by atoms with Gasteiger partial charge in [0.2, 0.25) is 0 Å². The van der Waals surface area contributed by atoms with Gasteiger partial charge in [-0.2, -0.15) is 5.26 Å². The van der Waals surface area contributed by atoms with Crippen LogP contribution in [0.3, 0.4) is 0 Å². The normalized spacial score (nSPS) is 17.9. The molecule has 0 bridgehead atoms. The Balaban J connectivity index is 1.86. The fourth-order valence-electron chi connectivity index (χ4n) is 3.82. The van der Waals surface area contributed by atoms with Crippen molar-refractivity contribution in [1.29, 1.82) is 5.26 Å². The molecule has 1 fully saturated rings. The van der Waals surface area contributed by atoms with Gasteiger partial charge < -0.3 is 20.5 Å². The lowest BCUT2D eigenvalue weighted by atomic mass is 9.97. The van der Waals surface area contributed by atoms with Crippen LogP contribution >= 0.6 is 0 Å². The lowest BCUT2D eigenvalue weighted by Crippen LogP contribution is -2.39. The molecular formula is C22H20F2N6O2. The molecular weight excluding hydrogens is 418 g/mol. The first kappa shape index (κ1) is 21.4. The number of anilines is 1. The summed E-state index contributed by atoms with van der Waals surface area (Å²) < 4.78 is 32.9. The van der Waals surface area contributed by atoms with Crippen LogP contribution in [0.4, 0.5) is 14.5 Å². The highest BCUT2D eigenvalue weighted by Gasteiger charge is 2.34. The van der Waals surface area contributed by atoms with Gasteiger partial charge in [0, 0.05) is 42.5 Å². The average molecular weight is 438 g/mol. The van der Waals surface area contributed by atoms with Crippen molar-refractivity contribution < 1.29 is 18.1 Å². The summed E-state index contributed by atoms with van der Waals surface area (Å²) in [6, 6.07) is 6.54. The molecule has 3 N–H and O–H groups in total. The van der Waals surface area contributed by atoms with Gasteiger partial charge in [0.25, 0.3) is 5.91 Å². The molecule has 8 nitrogen and oxygen atoms in total. The summed E-state index contributed by atoms with van der Waals surface area (Å²) in [5.41, 5.74) is 7.03. The number of pyridine rings is 1. The number of benzene rings is 1. The van der Waals surface area contributed by atoms with Crippen molar-refractivity contribution in [2.75, 3.05) is 18.0 Å². The van der Waals surface area contributed by atoms with Crippen LogP contribution in [0.25, 0.3) is 11.1 Å². The maximum Gasteiger partial charge on any atom is 0.255 e. The van der Waals surface area contributed by atoms with Gasteiger partial charge in [-0.25, -0.2) is 13.8 Å². The van der Waals surface area contributed by atoms with Gasteiger partial charge >= 0.3 is 0 Å². The Bertz CT molecular complexity index is 1180. The number of halogens is 2. The van der Waals surface area contributed by atoms with Crippen molar-refractivity contribution in [1.82, 2.24) is 15.5 Å². The molecule has 1 aliphatic heterocycles. The molecule has 1 amide bonds. The quantitative estimate of drug-likeness (QED) is 0.628. The van der Waals surface area contributed by atoms with E-state index < -0.39 is 23.1 Å². The molecule has 1 atom stereocenters. The number of hydrogen-bond acceptors (Lipinski definition) is 7. The topological polar surface area (TPSA) is 121 Å². The first-order chi connectivity index (χ1) is 15.3. The maximum absolute atomic E-state index is 14.0. The van der Waals surface area contributed by atoms with Crippen LogP contribution in [0.1, 0.15) is 35.1 Å². The summed E-state index contributed by atoms with van der Waals surface area (Å²) in [6.45, 7) is 2.87. The van der Waals surface area contributed by atoms with Gasteiger partial charge in [-0.05, 0) is 31.0 Å². The minimum Gasteiger partial charge on any atom is -0.368 e. The van der Waals surface area contributed by atoms with E-state index in [1.807, 2.05) is 17.9 Å². The summed E-state index contributed by atoms with van der Waals surface area (Å²) in [4.78, 5) is 19.1. The molecule has 164 valence electrons. The van der Waals surface area contributed by atoms with E-state index in [0.29, 0.717) is 30.9 Å². The minimum absolute atomic E-state index is 0.0522. The Morgan fingerprint density at radius 3 is 2.72 bits per heavy atom. The summed E-state index contributed by atoms with van der Waals surface area (Å²) in [5.74, 6) is -2.09. The van der Waals surface area contributed by atoms with Crippen molar-refractivity contribution in [3.63, 3.8) is 0 Å². The van der Waals surface area contributed by atoms with E-state index in [1.54, 1.807) is 6.07 Å². The van der Waals surface area contributed by atoms with Crippen LogP contribution in [-0.2, 0) is 6.54 Å². The van der Waals surface area contributed by atoms with Crippen LogP contribution in [0.15, 0.2) is 41.2 Å². The monoisotopic (exact) mass is 438 g/mol. The summed E-state index contributed by atoms with van der Waals surface area (Å²) >= 11 is 0. The number of nitriles is 1. The molecule has 1 saturated heterocycles. The number of rotatable bonds is 5. The summed E-state index contributed by atoms with van der Waals surface area (Å²) in [7, 11) is 0. The van der Waals surface area contributed by atoms with Crippen molar-refractivity contribution in [3.8, 4) is 17.2 Å². The number of hydrogen-bond donors (Lipinski definition) is 2. The Morgan fingerprint density at radius 2 is 2.12 bits per heavy atom. The lowest BCUT2D eigenvalue weighted by Gasteiger charge is -2.27. The molecule has 3 aromatic rings. The van der Waals surface area contributed by atoms with E-state index >= 15 is 0 Å². The average Bonchev–Trinajstić information content (AvgIpc) is 3.39. The van der Waals surface area contributed by atoms with E-state index in [-0.39, 0.29) is 28.9 Å². The number of nitrogens with one attached hydrogen (secondary N) is 1. The van der Waals surface area contributed by atoms with Crippen molar-refractivity contribution >= 4 is 11.6 Å². The highest BCUT2D eigenvalue weighted by atomic mass is 19.1. The second kappa shape index (κ2) is 8.36. The predicted molar refractivity (Wildman–Crippen MR) is 111 cm³/mol. The third-order valence-electron chi connectivity index (χ3n) is 5.30.